The van der Waals surface area contributed by atoms with E-state index >= 15 is 0 Å². The van der Waals surface area contributed by atoms with Gasteiger partial charge in [-0.3, -0.25) is 4.79 Å². The lowest BCUT2D eigenvalue weighted by Crippen LogP contribution is -2.30. The maximum absolute atomic E-state index is 11.7. The number of nitrogens with zero attached hydrogens (tertiary/aromatic N) is 1. The summed E-state index contributed by atoms with van der Waals surface area (Å²) in [6, 6.07) is 0.395. The molecular formula is C12H19N3O. The lowest BCUT2D eigenvalue weighted by Gasteiger charge is -2.18. The molecule has 1 heterocycles. The lowest BCUT2D eigenvalue weighted by molar-refractivity contribution is 0.569. The number of aromatic nitrogens is 2. The molecule has 0 saturated heterocycles. The highest BCUT2D eigenvalue weighted by Gasteiger charge is 2.17. The van der Waals surface area contributed by atoms with E-state index in [2.05, 4.69) is 29.4 Å². The summed E-state index contributed by atoms with van der Waals surface area (Å²) in [5.41, 5.74) is 3.13. The van der Waals surface area contributed by atoms with E-state index in [9.17, 15) is 4.79 Å². The van der Waals surface area contributed by atoms with Crippen LogP contribution in [0.25, 0.3) is 0 Å². The molecule has 88 valence electrons. The van der Waals surface area contributed by atoms with Gasteiger partial charge >= 0.3 is 0 Å². The van der Waals surface area contributed by atoms with Crippen molar-refractivity contribution in [1.29, 1.82) is 0 Å². The molecule has 0 atom stereocenters. The van der Waals surface area contributed by atoms with E-state index in [0.29, 0.717) is 12.6 Å². The average molecular weight is 221 g/mol. The maximum atomic E-state index is 11.7. The first-order valence-corrected chi connectivity index (χ1v) is 6.01. The second-order valence-electron chi connectivity index (χ2n) is 4.70. The largest absolute Gasteiger partial charge is 0.310 e. The van der Waals surface area contributed by atoms with Crippen LogP contribution in [0.2, 0.25) is 0 Å². The molecule has 1 aromatic heterocycles. The Bertz CT molecular complexity index is 423. The summed E-state index contributed by atoms with van der Waals surface area (Å²) in [6.45, 7) is 4.82. The molecule has 1 aliphatic carbocycles. The number of nitrogens with one attached hydrogen (secondary N) is 2. The van der Waals surface area contributed by atoms with Crippen molar-refractivity contribution in [2.45, 2.75) is 52.1 Å². The van der Waals surface area contributed by atoms with Crippen molar-refractivity contribution in [1.82, 2.24) is 15.5 Å². The Morgan fingerprint density at radius 1 is 1.38 bits per heavy atom. The van der Waals surface area contributed by atoms with Crippen molar-refractivity contribution >= 4 is 0 Å². The molecule has 0 fully saturated rings. The lowest BCUT2D eigenvalue weighted by atomic mass is 9.93. The van der Waals surface area contributed by atoms with Gasteiger partial charge in [0.1, 0.15) is 0 Å². The van der Waals surface area contributed by atoms with Crippen molar-refractivity contribution in [2.24, 2.45) is 0 Å². The predicted molar refractivity (Wildman–Crippen MR) is 63.5 cm³/mol. The fourth-order valence-corrected chi connectivity index (χ4v) is 2.15. The van der Waals surface area contributed by atoms with Crippen LogP contribution in [0.4, 0.5) is 0 Å². The molecule has 4 nitrogen and oxygen atoms in total. The topological polar surface area (TPSA) is 57.8 Å². The SMILES string of the molecule is CC(C)NCc1c2c(n[nH]c1=O)CCCC2. The summed E-state index contributed by atoms with van der Waals surface area (Å²) in [5.74, 6) is 0. The molecule has 2 rings (SSSR count). The highest BCUT2D eigenvalue weighted by Crippen LogP contribution is 2.19. The molecule has 0 unspecified atom stereocenters. The quantitative estimate of drug-likeness (QED) is 0.805. The van der Waals surface area contributed by atoms with Crippen molar-refractivity contribution in [2.75, 3.05) is 0 Å². The van der Waals surface area contributed by atoms with Gasteiger partial charge in [-0.1, -0.05) is 13.8 Å². The predicted octanol–water partition coefficient (Wildman–Crippen LogP) is 1.15. The number of aromatic amines is 1. The van der Waals surface area contributed by atoms with Gasteiger partial charge in [0, 0.05) is 18.2 Å². The van der Waals surface area contributed by atoms with E-state index in [0.717, 1.165) is 24.1 Å². The van der Waals surface area contributed by atoms with Crippen LogP contribution in [-0.2, 0) is 19.4 Å². The Balaban J connectivity index is 2.30. The zero-order chi connectivity index (χ0) is 11.5. The van der Waals surface area contributed by atoms with E-state index in [1.165, 1.54) is 18.4 Å². The highest BCUT2D eigenvalue weighted by molar-refractivity contribution is 5.29. The van der Waals surface area contributed by atoms with Crippen molar-refractivity contribution in [3.05, 3.63) is 27.2 Å². The minimum Gasteiger partial charge on any atom is -0.310 e. The van der Waals surface area contributed by atoms with Gasteiger partial charge in [-0.15, -0.1) is 0 Å². The molecule has 0 saturated carbocycles. The van der Waals surface area contributed by atoms with E-state index in [4.69, 9.17) is 0 Å². The summed E-state index contributed by atoms with van der Waals surface area (Å²) in [6.07, 6.45) is 4.36. The molecule has 0 radical (unpaired) electrons. The zero-order valence-electron chi connectivity index (χ0n) is 9.97. The van der Waals surface area contributed by atoms with Gasteiger partial charge in [-0.05, 0) is 31.2 Å². The van der Waals surface area contributed by atoms with E-state index < -0.39 is 0 Å². The van der Waals surface area contributed by atoms with Crippen LogP contribution in [0, 0.1) is 0 Å². The Morgan fingerprint density at radius 2 is 2.12 bits per heavy atom. The Morgan fingerprint density at radius 3 is 2.88 bits per heavy atom. The Hall–Kier alpha value is -1.16. The maximum Gasteiger partial charge on any atom is 0.268 e. The fourth-order valence-electron chi connectivity index (χ4n) is 2.15. The molecular weight excluding hydrogens is 202 g/mol. The third kappa shape index (κ3) is 2.32. The smallest absolute Gasteiger partial charge is 0.268 e. The van der Waals surface area contributed by atoms with Crippen LogP contribution in [0.1, 0.15) is 43.5 Å². The molecule has 1 aliphatic rings. The third-order valence-corrected chi connectivity index (χ3v) is 3.06. The van der Waals surface area contributed by atoms with Crippen LogP contribution in [0.5, 0.6) is 0 Å². The first-order chi connectivity index (χ1) is 7.68. The summed E-state index contributed by atoms with van der Waals surface area (Å²) >= 11 is 0. The van der Waals surface area contributed by atoms with Gasteiger partial charge in [0.05, 0.1) is 5.69 Å². The molecule has 0 amide bonds. The van der Waals surface area contributed by atoms with E-state index in [1.807, 2.05) is 0 Å². The van der Waals surface area contributed by atoms with Gasteiger partial charge in [0.15, 0.2) is 0 Å². The second kappa shape index (κ2) is 4.78. The molecule has 4 heteroatoms. The van der Waals surface area contributed by atoms with Crippen LogP contribution in [0.3, 0.4) is 0 Å². The number of rotatable bonds is 3. The van der Waals surface area contributed by atoms with Gasteiger partial charge in [0.25, 0.3) is 5.56 Å². The first kappa shape index (κ1) is 11.3. The Kier molecular flexibility index (Phi) is 3.39. The van der Waals surface area contributed by atoms with Crippen molar-refractivity contribution < 1.29 is 0 Å². The number of H-pyrrole nitrogens is 1. The van der Waals surface area contributed by atoms with E-state index in [1.54, 1.807) is 0 Å². The zero-order valence-corrected chi connectivity index (χ0v) is 9.97. The molecule has 16 heavy (non-hydrogen) atoms. The summed E-state index contributed by atoms with van der Waals surface area (Å²) in [5, 5.41) is 10.1. The van der Waals surface area contributed by atoms with Crippen LogP contribution < -0.4 is 10.9 Å². The summed E-state index contributed by atoms with van der Waals surface area (Å²) in [4.78, 5) is 11.7. The van der Waals surface area contributed by atoms with E-state index in [-0.39, 0.29) is 5.56 Å². The normalized spacial score (nSPS) is 15.2. The third-order valence-electron chi connectivity index (χ3n) is 3.06. The van der Waals surface area contributed by atoms with Crippen LogP contribution >= 0.6 is 0 Å². The van der Waals surface area contributed by atoms with Gasteiger partial charge in [-0.25, -0.2) is 5.10 Å². The number of fused-ring (bicyclic) bond motifs is 1. The number of aryl methyl sites for hydroxylation is 1. The average Bonchev–Trinajstić information content (AvgIpc) is 2.27. The standard InChI is InChI=1S/C12H19N3O/c1-8(2)13-7-10-9-5-3-4-6-11(9)14-15-12(10)16/h8,13H,3-7H2,1-2H3,(H,15,16). The molecule has 0 aliphatic heterocycles. The molecule has 0 aromatic carbocycles. The van der Waals surface area contributed by atoms with Gasteiger partial charge in [0.2, 0.25) is 0 Å². The minimum atomic E-state index is -0.0335. The summed E-state index contributed by atoms with van der Waals surface area (Å²) < 4.78 is 0. The van der Waals surface area contributed by atoms with Crippen LogP contribution in [-0.4, -0.2) is 16.2 Å². The monoisotopic (exact) mass is 221 g/mol. The molecule has 0 bridgehead atoms. The van der Waals surface area contributed by atoms with Gasteiger partial charge < -0.3 is 5.32 Å². The summed E-state index contributed by atoms with van der Waals surface area (Å²) in [7, 11) is 0. The van der Waals surface area contributed by atoms with Crippen molar-refractivity contribution in [3.8, 4) is 0 Å². The van der Waals surface area contributed by atoms with Crippen molar-refractivity contribution in [3.63, 3.8) is 0 Å². The molecule has 2 N–H and O–H groups in total. The number of hydrogen-bond acceptors (Lipinski definition) is 3. The molecule has 0 spiro atoms. The van der Waals surface area contributed by atoms with Crippen LogP contribution in [0.15, 0.2) is 4.79 Å². The fraction of sp³-hybridized carbons (Fsp3) is 0.667. The highest BCUT2D eigenvalue weighted by atomic mass is 16.1. The molecule has 1 aromatic rings. The minimum absolute atomic E-state index is 0.0335. The second-order valence-corrected chi connectivity index (χ2v) is 4.70. The van der Waals surface area contributed by atoms with Gasteiger partial charge in [-0.2, -0.15) is 5.10 Å². The number of hydrogen-bond donors (Lipinski definition) is 2. The Labute approximate surface area is 95.5 Å². The first-order valence-electron chi connectivity index (χ1n) is 6.01.